The van der Waals surface area contributed by atoms with E-state index >= 15 is 0 Å². The first-order chi connectivity index (χ1) is 10.8. The molecule has 0 aromatic heterocycles. The van der Waals surface area contributed by atoms with Crippen LogP contribution in [-0.2, 0) is 6.42 Å². The first-order valence-corrected chi connectivity index (χ1v) is 8.23. The molecule has 0 spiro atoms. The molecule has 1 unspecified atom stereocenters. The molecule has 1 aliphatic heterocycles. The van der Waals surface area contributed by atoms with Crippen molar-refractivity contribution in [2.24, 2.45) is 4.99 Å². The third-order valence-electron chi connectivity index (χ3n) is 4.36. The maximum absolute atomic E-state index is 4.56. The van der Waals surface area contributed by atoms with E-state index in [9.17, 15) is 0 Å². The van der Waals surface area contributed by atoms with E-state index in [1.807, 2.05) is 6.20 Å². The van der Waals surface area contributed by atoms with Gasteiger partial charge in [-0.05, 0) is 55.5 Å². The Morgan fingerprint density at radius 3 is 2.91 bits per heavy atom. The van der Waals surface area contributed by atoms with Gasteiger partial charge in [-0.2, -0.15) is 0 Å². The van der Waals surface area contributed by atoms with Gasteiger partial charge in [0.15, 0.2) is 0 Å². The summed E-state index contributed by atoms with van der Waals surface area (Å²) in [6.45, 7) is 3.25. The quantitative estimate of drug-likeness (QED) is 0.806. The fourth-order valence-electron chi connectivity index (χ4n) is 3.02. The molecule has 1 saturated heterocycles. The SMILES string of the molecule is C/C(=N\C=C/CCc1ccc2ccccc2c1)C1CCCN1. The van der Waals surface area contributed by atoms with Gasteiger partial charge in [0.1, 0.15) is 0 Å². The Balaban J connectivity index is 1.53. The van der Waals surface area contributed by atoms with E-state index in [1.165, 1.54) is 34.9 Å². The van der Waals surface area contributed by atoms with Crippen LogP contribution in [0.15, 0.2) is 59.7 Å². The first kappa shape index (κ1) is 15.0. The molecular weight excluding hydrogens is 268 g/mol. The molecule has 0 amide bonds. The van der Waals surface area contributed by atoms with Crippen LogP contribution >= 0.6 is 0 Å². The van der Waals surface area contributed by atoms with Crippen LogP contribution in [-0.4, -0.2) is 18.3 Å². The number of hydrogen-bond donors (Lipinski definition) is 1. The third-order valence-corrected chi connectivity index (χ3v) is 4.36. The molecule has 0 radical (unpaired) electrons. The number of rotatable bonds is 5. The van der Waals surface area contributed by atoms with Gasteiger partial charge < -0.3 is 5.32 Å². The summed E-state index contributed by atoms with van der Waals surface area (Å²) in [6, 6.07) is 15.7. The molecule has 1 aliphatic rings. The van der Waals surface area contributed by atoms with E-state index in [4.69, 9.17) is 0 Å². The summed E-state index contributed by atoms with van der Waals surface area (Å²) in [7, 11) is 0. The zero-order chi connectivity index (χ0) is 15.2. The average Bonchev–Trinajstić information content (AvgIpc) is 3.09. The summed E-state index contributed by atoms with van der Waals surface area (Å²) in [6.07, 6.45) is 8.73. The smallest absolute Gasteiger partial charge is 0.0452 e. The molecule has 1 heterocycles. The van der Waals surface area contributed by atoms with Crippen molar-refractivity contribution in [2.45, 2.75) is 38.6 Å². The van der Waals surface area contributed by atoms with Crippen LogP contribution in [0.5, 0.6) is 0 Å². The van der Waals surface area contributed by atoms with Crippen molar-refractivity contribution < 1.29 is 0 Å². The molecule has 2 aromatic rings. The highest BCUT2D eigenvalue weighted by molar-refractivity contribution is 5.88. The second-order valence-corrected chi connectivity index (χ2v) is 6.02. The monoisotopic (exact) mass is 292 g/mol. The molecule has 2 heteroatoms. The Morgan fingerprint density at radius 1 is 1.23 bits per heavy atom. The maximum atomic E-state index is 4.56. The highest BCUT2D eigenvalue weighted by Gasteiger charge is 2.15. The van der Waals surface area contributed by atoms with Crippen LogP contribution in [0.25, 0.3) is 10.8 Å². The van der Waals surface area contributed by atoms with E-state index in [0.717, 1.165) is 19.4 Å². The van der Waals surface area contributed by atoms with Crippen LogP contribution in [0.3, 0.4) is 0 Å². The van der Waals surface area contributed by atoms with Gasteiger partial charge in [-0.25, -0.2) is 0 Å². The predicted molar refractivity (Wildman–Crippen MR) is 95.5 cm³/mol. The van der Waals surface area contributed by atoms with Crippen LogP contribution in [0.4, 0.5) is 0 Å². The first-order valence-electron chi connectivity index (χ1n) is 8.23. The van der Waals surface area contributed by atoms with Crippen molar-refractivity contribution in [1.29, 1.82) is 0 Å². The lowest BCUT2D eigenvalue weighted by molar-refractivity contribution is 0.759. The average molecular weight is 292 g/mol. The van der Waals surface area contributed by atoms with Gasteiger partial charge in [-0.15, -0.1) is 0 Å². The van der Waals surface area contributed by atoms with Crippen molar-refractivity contribution in [3.63, 3.8) is 0 Å². The van der Waals surface area contributed by atoms with E-state index in [-0.39, 0.29) is 0 Å². The molecule has 1 atom stereocenters. The third kappa shape index (κ3) is 3.83. The molecule has 1 fully saturated rings. The van der Waals surface area contributed by atoms with Crippen molar-refractivity contribution in [3.05, 3.63) is 60.3 Å². The van der Waals surface area contributed by atoms with Gasteiger partial charge in [0, 0.05) is 18.0 Å². The largest absolute Gasteiger partial charge is 0.309 e. The Hall–Kier alpha value is -1.93. The molecule has 114 valence electrons. The van der Waals surface area contributed by atoms with Crippen LogP contribution in [0.1, 0.15) is 31.7 Å². The van der Waals surface area contributed by atoms with Gasteiger partial charge in [0.25, 0.3) is 0 Å². The second kappa shape index (κ2) is 7.37. The molecule has 2 aromatic carbocycles. The maximum Gasteiger partial charge on any atom is 0.0452 e. The number of nitrogens with zero attached hydrogens (tertiary/aromatic N) is 1. The topological polar surface area (TPSA) is 24.4 Å². The molecule has 0 aliphatic carbocycles. The van der Waals surface area contributed by atoms with Crippen molar-refractivity contribution in [2.75, 3.05) is 6.54 Å². The number of aryl methyl sites for hydroxylation is 1. The summed E-state index contributed by atoms with van der Waals surface area (Å²) in [5.74, 6) is 0. The lowest BCUT2D eigenvalue weighted by Gasteiger charge is -2.07. The van der Waals surface area contributed by atoms with Crippen molar-refractivity contribution in [3.8, 4) is 0 Å². The van der Waals surface area contributed by atoms with Gasteiger partial charge in [-0.1, -0.05) is 48.5 Å². The van der Waals surface area contributed by atoms with Gasteiger partial charge in [-0.3, -0.25) is 4.99 Å². The fourth-order valence-corrected chi connectivity index (χ4v) is 3.02. The molecule has 1 N–H and O–H groups in total. The van der Waals surface area contributed by atoms with Crippen molar-refractivity contribution in [1.82, 2.24) is 5.32 Å². The number of hydrogen-bond acceptors (Lipinski definition) is 2. The standard InChI is InChI=1S/C20H24N2/c1-16(20-10-6-14-22-20)21-13-5-4-7-17-11-12-18-8-2-3-9-19(18)15-17/h2-3,5,8-9,11-13,15,20,22H,4,6-7,10,14H2,1H3/b13-5-,21-16+. The number of nitrogens with one attached hydrogen (secondary N) is 1. The van der Waals surface area contributed by atoms with Gasteiger partial charge in [0.05, 0.1) is 0 Å². The number of aliphatic imine (C=N–C) groups is 1. The fraction of sp³-hybridized carbons (Fsp3) is 0.350. The Kier molecular flexibility index (Phi) is 5.02. The minimum Gasteiger partial charge on any atom is -0.309 e. The number of allylic oxidation sites excluding steroid dienone is 1. The van der Waals surface area contributed by atoms with Crippen molar-refractivity contribution >= 4 is 16.5 Å². The molecule has 2 nitrogen and oxygen atoms in total. The van der Waals surface area contributed by atoms with Crippen LogP contribution in [0, 0.1) is 0 Å². The summed E-state index contributed by atoms with van der Waals surface area (Å²) in [4.78, 5) is 4.56. The summed E-state index contributed by atoms with van der Waals surface area (Å²) in [5.41, 5.74) is 2.60. The molecule has 22 heavy (non-hydrogen) atoms. The van der Waals surface area contributed by atoms with Crippen LogP contribution in [0.2, 0.25) is 0 Å². The second-order valence-electron chi connectivity index (χ2n) is 6.02. The highest BCUT2D eigenvalue weighted by atomic mass is 15.0. The summed E-state index contributed by atoms with van der Waals surface area (Å²) < 4.78 is 0. The van der Waals surface area contributed by atoms with Gasteiger partial charge in [0.2, 0.25) is 0 Å². The van der Waals surface area contributed by atoms with E-state index in [1.54, 1.807) is 0 Å². The van der Waals surface area contributed by atoms with E-state index < -0.39 is 0 Å². The molecule has 0 saturated carbocycles. The predicted octanol–water partition coefficient (Wildman–Crippen LogP) is 4.50. The van der Waals surface area contributed by atoms with E-state index in [2.05, 4.69) is 65.8 Å². The minimum absolute atomic E-state index is 0.491. The molecule has 3 rings (SSSR count). The number of fused-ring (bicyclic) bond motifs is 1. The normalized spacial score (nSPS) is 19.3. The number of benzene rings is 2. The minimum atomic E-state index is 0.491. The lowest BCUT2D eigenvalue weighted by atomic mass is 10.0. The molecule has 0 bridgehead atoms. The Morgan fingerprint density at radius 2 is 2.09 bits per heavy atom. The lowest BCUT2D eigenvalue weighted by Crippen LogP contribution is -2.28. The summed E-state index contributed by atoms with van der Waals surface area (Å²) in [5, 5.41) is 6.11. The zero-order valence-corrected chi connectivity index (χ0v) is 13.3. The highest BCUT2D eigenvalue weighted by Crippen LogP contribution is 2.16. The van der Waals surface area contributed by atoms with Gasteiger partial charge >= 0.3 is 0 Å². The summed E-state index contributed by atoms with van der Waals surface area (Å²) >= 11 is 0. The molecular formula is C20H24N2. The van der Waals surface area contributed by atoms with Crippen LogP contribution < -0.4 is 5.32 Å². The zero-order valence-electron chi connectivity index (χ0n) is 13.3. The Bertz CT molecular complexity index is 679. The van der Waals surface area contributed by atoms with E-state index in [0.29, 0.717) is 6.04 Å². The Labute approximate surface area is 133 Å².